The van der Waals surface area contributed by atoms with Crippen LogP contribution in [-0.4, -0.2) is 38.7 Å². The normalized spacial score (nSPS) is 20.1. The van der Waals surface area contributed by atoms with E-state index in [0.29, 0.717) is 12.3 Å². The van der Waals surface area contributed by atoms with Gasteiger partial charge in [-0.2, -0.15) is 5.10 Å². The SMILES string of the molecule is Cc1cc([C@@H]2CCCN(C(=O)C[C@@H](C)n3cccc3)C2)n[nH]1. The molecule has 0 radical (unpaired) electrons. The Kier molecular flexibility index (Phi) is 4.32. The largest absolute Gasteiger partial charge is 0.351 e. The van der Waals surface area contributed by atoms with Crippen LogP contribution in [0.4, 0.5) is 0 Å². The zero-order valence-electron chi connectivity index (χ0n) is 13.3. The molecule has 5 heteroatoms. The fourth-order valence-corrected chi connectivity index (χ4v) is 3.22. The maximum Gasteiger partial charge on any atom is 0.224 e. The first kappa shape index (κ1) is 14.9. The highest BCUT2D eigenvalue weighted by atomic mass is 16.2. The molecule has 0 saturated carbocycles. The number of nitrogens with zero attached hydrogens (tertiary/aromatic N) is 3. The minimum Gasteiger partial charge on any atom is -0.351 e. The van der Waals surface area contributed by atoms with Crippen LogP contribution in [0.15, 0.2) is 30.6 Å². The van der Waals surface area contributed by atoms with Gasteiger partial charge in [-0.3, -0.25) is 9.89 Å². The molecule has 22 heavy (non-hydrogen) atoms. The van der Waals surface area contributed by atoms with Gasteiger partial charge in [0.2, 0.25) is 5.91 Å². The first-order valence-electron chi connectivity index (χ1n) is 8.05. The predicted molar refractivity (Wildman–Crippen MR) is 85.6 cm³/mol. The minimum atomic E-state index is 0.204. The molecule has 0 spiro atoms. The number of aryl methyl sites for hydroxylation is 1. The lowest BCUT2D eigenvalue weighted by Gasteiger charge is -2.32. The van der Waals surface area contributed by atoms with Crippen molar-refractivity contribution in [3.05, 3.63) is 42.0 Å². The molecular weight excluding hydrogens is 276 g/mol. The number of piperidine rings is 1. The van der Waals surface area contributed by atoms with E-state index in [9.17, 15) is 4.79 Å². The minimum absolute atomic E-state index is 0.204. The molecule has 2 aromatic heterocycles. The van der Waals surface area contributed by atoms with Crippen molar-refractivity contribution in [1.82, 2.24) is 19.7 Å². The summed E-state index contributed by atoms with van der Waals surface area (Å²) in [5.74, 6) is 0.614. The molecule has 1 fully saturated rings. The third-order valence-corrected chi connectivity index (χ3v) is 4.52. The molecule has 1 saturated heterocycles. The molecule has 0 unspecified atom stereocenters. The summed E-state index contributed by atoms with van der Waals surface area (Å²) >= 11 is 0. The first-order valence-corrected chi connectivity index (χ1v) is 8.05. The summed E-state index contributed by atoms with van der Waals surface area (Å²) in [6, 6.07) is 6.30. The summed E-state index contributed by atoms with van der Waals surface area (Å²) in [5, 5.41) is 7.37. The smallest absolute Gasteiger partial charge is 0.224 e. The van der Waals surface area contributed by atoms with Crippen LogP contribution >= 0.6 is 0 Å². The summed E-state index contributed by atoms with van der Waals surface area (Å²) in [6.07, 6.45) is 6.76. The van der Waals surface area contributed by atoms with Crippen molar-refractivity contribution in [2.45, 2.75) is 45.1 Å². The van der Waals surface area contributed by atoms with Crippen LogP contribution in [-0.2, 0) is 4.79 Å². The van der Waals surface area contributed by atoms with E-state index in [2.05, 4.69) is 27.8 Å². The number of likely N-dealkylation sites (tertiary alicyclic amines) is 1. The van der Waals surface area contributed by atoms with E-state index < -0.39 is 0 Å². The second kappa shape index (κ2) is 6.38. The average molecular weight is 300 g/mol. The number of carbonyl (C=O) groups excluding carboxylic acids is 1. The third kappa shape index (κ3) is 3.24. The van der Waals surface area contributed by atoms with E-state index >= 15 is 0 Å². The summed E-state index contributed by atoms with van der Waals surface area (Å²) < 4.78 is 2.09. The Bertz CT molecular complexity index is 616. The predicted octanol–water partition coefficient (Wildman–Crippen LogP) is 2.88. The number of amides is 1. The second-order valence-corrected chi connectivity index (χ2v) is 6.34. The molecule has 1 aliphatic rings. The number of carbonyl (C=O) groups is 1. The maximum absolute atomic E-state index is 12.6. The molecule has 1 amide bonds. The van der Waals surface area contributed by atoms with Gasteiger partial charge in [-0.05, 0) is 44.9 Å². The number of aromatic nitrogens is 3. The highest BCUT2D eigenvalue weighted by molar-refractivity contribution is 5.76. The van der Waals surface area contributed by atoms with Crippen LogP contribution in [0.5, 0.6) is 0 Å². The van der Waals surface area contributed by atoms with Gasteiger partial charge in [-0.1, -0.05) is 0 Å². The van der Waals surface area contributed by atoms with Gasteiger partial charge in [-0.15, -0.1) is 0 Å². The molecule has 5 nitrogen and oxygen atoms in total. The molecule has 0 aliphatic carbocycles. The van der Waals surface area contributed by atoms with E-state index in [-0.39, 0.29) is 11.9 Å². The molecule has 0 bridgehead atoms. The Morgan fingerprint density at radius 2 is 2.23 bits per heavy atom. The zero-order chi connectivity index (χ0) is 15.5. The average Bonchev–Trinajstić information content (AvgIpc) is 3.18. The lowest BCUT2D eigenvalue weighted by molar-refractivity contribution is -0.133. The number of rotatable bonds is 4. The van der Waals surface area contributed by atoms with Crippen molar-refractivity contribution in [3.8, 4) is 0 Å². The van der Waals surface area contributed by atoms with E-state index in [1.54, 1.807) is 0 Å². The Morgan fingerprint density at radius 1 is 1.45 bits per heavy atom. The van der Waals surface area contributed by atoms with Gasteiger partial charge >= 0.3 is 0 Å². The summed E-state index contributed by atoms with van der Waals surface area (Å²) in [7, 11) is 0. The van der Waals surface area contributed by atoms with Gasteiger partial charge in [-0.25, -0.2) is 0 Å². The van der Waals surface area contributed by atoms with Crippen molar-refractivity contribution < 1.29 is 4.79 Å². The van der Waals surface area contributed by atoms with Crippen LogP contribution in [0.3, 0.4) is 0 Å². The molecule has 1 aliphatic heterocycles. The zero-order valence-corrected chi connectivity index (χ0v) is 13.3. The summed E-state index contributed by atoms with van der Waals surface area (Å²) in [4.78, 5) is 14.6. The monoisotopic (exact) mass is 300 g/mol. The Labute approximate surface area is 131 Å². The maximum atomic E-state index is 12.6. The molecule has 118 valence electrons. The van der Waals surface area contributed by atoms with Crippen molar-refractivity contribution in [3.63, 3.8) is 0 Å². The number of nitrogens with one attached hydrogen (secondary N) is 1. The van der Waals surface area contributed by atoms with Gasteiger partial charge in [0.25, 0.3) is 0 Å². The van der Waals surface area contributed by atoms with E-state index in [4.69, 9.17) is 0 Å². The van der Waals surface area contributed by atoms with Crippen LogP contribution < -0.4 is 0 Å². The lowest BCUT2D eigenvalue weighted by atomic mass is 9.94. The molecule has 1 N–H and O–H groups in total. The van der Waals surface area contributed by atoms with Gasteiger partial charge in [0, 0.05) is 49.6 Å². The fourth-order valence-electron chi connectivity index (χ4n) is 3.22. The number of H-pyrrole nitrogens is 1. The van der Waals surface area contributed by atoms with Gasteiger partial charge in [0.15, 0.2) is 0 Å². The van der Waals surface area contributed by atoms with Crippen LogP contribution in [0.1, 0.15) is 49.5 Å². The Balaban J connectivity index is 1.60. The number of hydrogen-bond acceptors (Lipinski definition) is 2. The molecule has 2 aromatic rings. The quantitative estimate of drug-likeness (QED) is 0.944. The van der Waals surface area contributed by atoms with Crippen LogP contribution in [0.25, 0.3) is 0 Å². The van der Waals surface area contributed by atoms with Gasteiger partial charge in [0.05, 0.1) is 5.69 Å². The van der Waals surface area contributed by atoms with Crippen molar-refractivity contribution >= 4 is 5.91 Å². The van der Waals surface area contributed by atoms with E-state index in [1.165, 1.54) is 0 Å². The Hall–Kier alpha value is -2.04. The topological polar surface area (TPSA) is 53.9 Å². The van der Waals surface area contributed by atoms with Crippen LogP contribution in [0.2, 0.25) is 0 Å². The third-order valence-electron chi connectivity index (χ3n) is 4.52. The van der Waals surface area contributed by atoms with Crippen molar-refractivity contribution in [2.75, 3.05) is 13.1 Å². The summed E-state index contributed by atoms with van der Waals surface area (Å²) in [5.41, 5.74) is 2.17. The standard InChI is InChI=1S/C17H24N4O/c1-13-10-16(19-18-13)15-6-5-9-21(12-15)17(22)11-14(2)20-7-3-4-8-20/h3-4,7-8,10,14-15H,5-6,9,11-12H2,1-2H3,(H,18,19)/t14-,15-/m1/s1. The molecular formula is C17H24N4O. The second-order valence-electron chi connectivity index (χ2n) is 6.34. The van der Waals surface area contributed by atoms with E-state index in [0.717, 1.165) is 37.3 Å². The van der Waals surface area contributed by atoms with Crippen molar-refractivity contribution in [2.24, 2.45) is 0 Å². The molecule has 2 atom stereocenters. The van der Waals surface area contributed by atoms with Gasteiger partial charge < -0.3 is 9.47 Å². The van der Waals surface area contributed by atoms with Crippen LogP contribution in [0, 0.1) is 6.92 Å². The number of aromatic amines is 1. The highest BCUT2D eigenvalue weighted by Crippen LogP contribution is 2.27. The lowest BCUT2D eigenvalue weighted by Crippen LogP contribution is -2.39. The highest BCUT2D eigenvalue weighted by Gasteiger charge is 2.26. The molecule has 0 aromatic carbocycles. The molecule has 3 rings (SSSR count). The Morgan fingerprint density at radius 3 is 2.91 bits per heavy atom. The summed E-state index contributed by atoms with van der Waals surface area (Å²) in [6.45, 7) is 5.77. The number of hydrogen-bond donors (Lipinski definition) is 1. The van der Waals surface area contributed by atoms with Gasteiger partial charge in [0.1, 0.15) is 0 Å². The van der Waals surface area contributed by atoms with E-state index in [1.807, 2.05) is 36.4 Å². The fraction of sp³-hybridized carbons (Fsp3) is 0.529. The first-order chi connectivity index (χ1) is 10.6. The molecule has 3 heterocycles. The van der Waals surface area contributed by atoms with Crippen molar-refractivity contribution in [1.29, 1.82) is 0 Å².